The van der Waals surface area contributed by atoms with Crippen molar-refractivity contribution in [3.63, 3.8) is 0 Å². The van der Waals surface area contributed by atoms with Crippen LogP contribution in [0.15, 0.2) is 12.5 Å². The molecule has 1 saturated carbocycles. The summed E-state index contributed by atoms with van der Waals surface area (Å²) in [6.07, 6.45) is 10.2. The van der Waals surface area contributed by atoms with Gasteiger partial charge in [0, 0.05) is 12.7 Å². The molecule has 1 aliphatic carbocycles. The Balaban J connectivity index is 1.77. The fraction of sp³-hybridized carbons (Fsp3) is 0.769. The molecule has 1 aliphatic rings. The molecule has 3 N–H and O–H groups in total. The molecular weight excluding hydrogens is 230 g/mol. The molecule has 1 fully saturated rings. The van der Waals surface area contributed by atoms with Gasteiger partial charge in [-0.3, -0.25) is 0 Å². The average Bonchev–Trinajstić information content (AvgIpc) is 2.87. The lowest BCUT2D eigenvalue weighted by Crippen LogP contribution is -2.22. The van der Waals surface area contributed by atoms with Gasteiger partial charge in [-0.2, -0.15) is 0 Å². The average molecular weight is 253 g/mol. The molecule has 1 aromatic heterocycles. The predicted octanol–water partition coefficient (Wildman–Crippen LogP) is 1.22. The highest BCUT2D eigenvalue weighted by atomic mass is 16.5. The van der Waals surface area contributed by atoms with Gasteiger partial charge in [-0.25, -0.2) is 4.98 Å². The van der Waals surface area contributed by atoms with Gasteiger partial charge in [0.25, 0.3) is 0 Å². The number of rotatable bonds is 6. The minimum Gasteiger partial charge on any atom is -0.394 e. The maximum atomic E-state index is 9.06. The van der Waals surface area contributed by atoms with Crippen molar-refractivity contribution in [3.05, 3.63) is 18.2 Å². The molecule has 0 aliphatic heterocycles. The Morgan fingerprint density at radius 2 is 2.22 bits per heavy atom. The second kappa shape index (κ2) is 6.87. The van der Waals surface area contributed by atoms with E-state index in [-0.39, 0.29) is 12.6 Å². The molecule has 1 atom stereocenters. The van der Waals surface area contributed by atoms with Crippen LogP contribution in [-0.4, -0.2) is 34.0 Å². The number of hydrogen-bond acceptors (Lipinski definition) is 4. The van der Waals surface area contributed by atoms with Gasteiger partial charge in [-0.1, -0.05) is 19.3 Å². The van der Waals surface area contributed by atoms with Crippen LogP contribution >= 0.6 is 0 Å². The number of imidazole rings is 1. The van der Waals surface area contributed by atoms with E-state index in [4.69, 9.17) is 15.6 Å². The highest BCUT2D eigenvalue weighted by Crippen LogP contribution is 2.20. The van der Waals surface area contributed by atoms with E-state index in [0.717, 1.165) is 12.2 Å². The van der Waals surface area contributed by atoms with E-state index in [1.165, 1.54) is 32.1 Å². The molecule has 18 heavy (non-hydrogen) atoms. The molecule has 0 bridgehead atoms. The predicted molar refractivity (Wildman–Crippen MR) is 69.1 cm³/mol. The Labute approximate surface area is 108 Å². The van der Waals surface area contributed by atoms with Crippen molar-refractivity contribution >= 4 is 0 Å². The van der Waals surface area contributed by atoms with Gasteiger partial charge < -0.3 is 20.1 Å². The van der Waals surface area contributed by atoms with E-state index in [1.807, 2.05) is 4.57 Å². The van der Waals surface area contributed by atoms with Crippen LogP contribution in [-0.2, 0) is 11.3 Å². The molecule has 102 valence electrons. The van der Waals surface area contributed by atoms with Crippen molar-refractivity contribution in [2.24, 2.45) is 5.73 Å². The lowest BCUT2D eigenvalue weighted by Gasteiger charge is -2.22. The summed E-state index contributed by atoms with van der Waals surface area (Å²) in [4.78, 5) is 4.07. The molecule has 5 nitrogen and oxygen atoms in total. The van der Waals surface area contributed by atoms with Crippen LogP contribution < -0.4 is 5.73 Å². The van der Waals surface area contributed by atoms with Gasteiger partial charge in [-0.05, 0) is 12.8 Å². The first-order valence-electron chi connectivity index (χ1n) is 6.79. The largest absolute Gasteiger partial charge is 0.394 e. The molecule has 0 radical (unpaired) electrons. The molecule has 0 spiro atoms. The third-order valence-corrected chi connectivity index (χ3v) is 3.56. The maximum absolute atomic E-state index is 9.06. The fourth-order valence-corrected chi connectivity index (χ4v) is 2.47. The van der Waals surface area contributed by atoms with Crippen molar-refractivity contribution in [2.45, 2.75) is 50.8 Å². The third-order valence-electron chi connectivity index (χ3n) is 3.56. The van der Waals surface area contributed by atoms with Crippen LogP contribution in [0.2, 0.25) is 0 Å². The zero-order valence-electron chi connectivity index (χ0n) is 10.8. The fourth-order valence-electron chi connectivity index (χ4n) is 2.47. The van der Waals surface area contributed by atoms with Crippen LogP contribution in [0.1, 0.15) is 43.8 Å². The molecular formula is C13H23N3O2. The first kappa shape index (κ1) is 13.5. The van der Waals surface area contributed by atoms with Crippen LogP contribution in [0.25, 0.3) is 0 Å². The number of aliphatic hydroxyl groups is 1. The number of aliphatic hydroxyl groups excluding tert-OH is 1. The van der Waals surface area contributed by atoms with Crippen LogP contribution in [0.3, 0.4) is 0 Å². The second-order valence-electron chi connectivity index (χ2n) is 4.93. The summed E-state index contributed by atoms with van der Waals surface area (Å²) in [5, 5.41) is 9.06. The summed E-state index contributed by atoms with van der Waals surface area (Å²) >= 11 is 0. The zero-order valence-corrected chi connectivity index (χ0v) is 10.8. The van der Waals surface area contributed by atoms with E-state index in [1.54, 1.807) is 12.5 Å². The van der Waals surface area contributed by atoms with E-state index in [2.05, 4.69) is 4.98 Å². The third kappa shape index (κ3) is 3.54. The van der Waals surface area contributed by atoms with Crippen molar-refractivity contribution in [1.29, 1.82) is 0 Å². The maximum Gasteiger partial charge on any atom is 0.0949 e. The molecule has 1 heterocycles. The summed E-state index contributed by atoms with van der Waals surface area (Å²) in [6, 6.07) is -0.359. The van der Waals surface area contributed by atoms with Crippen molar-refractivity contribution in [2.75, 3.05) is 13.2 Å². The summed E-state index contributed by atoms with van der Waals surface area (Å²) < 4.78 is 7.83. The Bertz CT molecular complexity index is 348. The lowest BCUT2D eigenvalue weighted by atomic mass is 9.98. The van der Waals surface area contributed by atoms with Crippen molar-refractivity contribution in [1.82, 2.24) is 9.55 Å². The minimum absolute atomic E-state index is 0.0603. The van der Waals surface area contributed by atoms with Crippen LogP contribution in [0.4, 0.5) is 0 Å². The summed E-state index contributed by atoms with van der Waals surface area (Å²) in [7, 11) is 0. The Morgan fingerprint density at radius 3 is 2.94 bits per heavy atom. The second-order valence-corrected chi connectivity index (χ2v) is 4.93. The number of aromatic nitrogens is 2. The Morgan fingerprint density at radius 1 is 1.44 bits per heavy atom. The molecule has 0 saturated heterocycles. The van der Waals surface area contributed by atoms with Crippen molar-refractivity contribution < 1.29 is 9.84 Å². The zero-order chi connectivity index (χ0) is 12.8. The topological polar surface area (TPSA) is 73.3 Å². The van der Waals surface area contributed by atoms with E-state index >= 15 is 0 Å². The minimum atomic E-state index is -0.359. The number of hydrogen-bond donors (Lipinski definition) is 2. The smallest absolute Gasteiger partial charge is 0.0949 e. The summed E-state index contributed by atoms with van der Waals surface area (Å²) in [6.45, 7) is 1.38. The molecule has 1 unspecified atom stereocenters. The molecule has 0 amide bonds. The van der Waals surface area contributed by atoms with Crippen LogP contribution in [0.5, 0.6) is 0 Å². The summed E-state index contributed by atoms with van der Waals surface area (Å²) in [5.74, 6) is 0. The SMILES string of the molecule is NC(CO)c1cncn1CCOC1CCCCC1. The monoisotopic (exact) mass is 253 g/mol. The first-order valence-corrected chi connectivity index (χ1v) is 6.79. The highest BCUT2D eigenvalue weighted by molar-refractivity contribution is 5.04. The lowest BCUT2D eigenvalue weighted by molar-refractivity contribution is 0.0236. The summed E-state index contributed by atoms with van der Waals surface area (Å²) in [5.41, 5.74) is 6.67. The Hall–Kier alpha value is -0.910. The molecule has 2 rings (SSSR count). The van der Waals surface area contributed by atoms with Gasteiger partial charge in [0.2, 0.25) is 0 Å². The van der Waals surface area contributed by atoms with E-state index < -0.39 is 0 Å². The molecule has 1 aromatic rings. The highest BCUT2D eigenvalue weighted by Gasteiger charge is 2.14. The van der Waals surface area contributed by atoms with E-state index in [9.17, 15) is 0 Å². The number of ether oxygens (including phenoxy) is 1. The number of nitrogens with zero attached hydrogens (tertiary/aromatic N) is 2. The molecule has 0 aromatic carbocycles. The standard InChI is InChI=1S/C13H23N3O2/c14-12(9-17)13-8-15-10-16(13)6-7-18-11-4-2-1-3-5-11/h8,10-12,17H,1-7,9,14H2. The van der Waals surface area contributed by atoms with Gasteiger partial charge in [0.1, 0.15) is 0 Å². The van der Waals surface area contributed by atoms with Gasteiger partial charge >= 0.3 is 0 Å². The van der Waals surface area contributed by atoms with E-state index in [0.29, 0.717) is 12.7 Å². The first-order chi connectivity index (χ1) is 8.81. The Kier molecular flexibility index (Phi) is 5.16. The van der Waals surface area contributed by atoms with Gasteiger partial charge in [0.05, 0.1) is 37.4 Å². The normalized spacial score (nSPS) is 19.0. The van der Waals surface area contributed by atoms with Gasteiger partial charge in [0.15, 0.2) is 0 Å². The van der Waals surface area contributed by atoms with Gasteiger partial charge in [-0.15, -0.1) is 0 Å². The number of nitrogens with two attached hydrogens (primary N) is 1. The molecule has 5 heteroatoms. The quantitative estimate of drug-likeness (QED) is 0.799. The van der Waals surface area contributed by atoms with Crippen LogP contribution in [0, 0.1) is 0 Å². The van der Waals surface area contributed by atoms with Crippen molar-refractivity contribution in [3.8, 4) is 0 Å².